The monoisotopic (exact) mass is 534 g/mol. The van der Waals surface area contributed by atoms with Crippen LogP contribution in [0.3, 0.4) is 0 Å². The van der Waals surface area contributed by atoms with Crippen LogP contribution < -0.4 is 15.0 Å². The number of halogens is 2. The SMILES string of the molecule is C=CCOc1ccc(C=C2C(=O)NC(=S)N(c3ccc(Br)cc3C)C2=O)cc1Br. The second-order valence-electron chi connectivity index (χ2n) is 6.18. The van der Waals surface area contributed by atoms with E-state index in [0.29, 0.717) is 28.1 Å². The van der Waals surface area contributed by atoms with Crippen molar-refractivity contribution >= 4 is 72.8 Å². The predicted octanol–water partition coefficient (Wildman–Crippen LogP) is 4.92. The van der Waals surface area contributed by atoms with E-state index in [-0.39, 0.29) is 10.7 Å². The molecule has 2 aromatic rings. The number of amides is 2. The molecule has 0 bridgehead atoms. The largest absolute Gasteiger partial charge is 0.488 e. The van der Waals surface area contributed by atoms with E-state index >= 15 is 0 Å². The smallest absolute Gasteiger partial charge is 0.270 e. The molecule has 0 aliphatic carbocycles. The highest BCUT2D eigenvalue weighted by Gasteiger charge is 2.35. The summed E-state index contributed by atoms with van der Waals surface area (Å²) in [5.74, 6) is -0.374. The van der Waals surface area contributed by atoms with Gasteiger partial charge in [0.25, 0.3) is 11.8 Å². The molecule has 5 nitrogen and oxygen atoms in total. The zero-order valence-electron chi connectivity index (χ0n) is 15.4. The molecule has 1 heterocycles. The number of anilines is 1. The van der Waals surface area contributed by atoms with E-state index in [1.807, 2.05) is 19.1 Å². The Morgan fingerprint density at radius 3 is 2.62 bits per heavy atom. The Bertz CT molecular complexity index is 1070. The number of rotatable bonds is 5. The maximum atomic E-state index is 13.1. The molecule has 1 saturated heterocycles. The van der Waals surface area contributed by atoms with E-state index in [4.69, 9.17) is 17.0 Å². The number of nitrogens with zero attached hydrogens (tertiary/aromatic N) is 1. The number of hydrogen-bond donors (Lipinski definition) is 1. The Labute approximate surface area is 190 Å². The van der Waals surface area contributed by atoms with Gasteiger partial charge in [0.15, 0.2) is 5.11 Å². The highest BCUT2D eigenvalue weighted by Crippen LogP contribution is 2.30. The van der Waals surface area contributed by atoms with Gasteiger partial charge in [0.1, 0.15) is 17.9 Å². The summed E-state index contributed by atoms with van der Waals surface area (Å²) in [7, 11) is 0. The van der Waals surface area contributed by atoms with Gasteiger partial charge >= 0.3 is 0 Å². The minimum atomic E-state index is -0.533. The van der Waals surface area contributed by atoms with Crippen molar-refractivity contribution in [1.29, 1.82) is 0 Å². The van der Waals surface area contributed by atoms with E-state index in [0.717, 1.165) is 10.0 Å². The third-order valence-electron chi connectivity index (χ3n) is 4.13. The number of hydrogen-bond acceptors (Lipinski definition) is 4. The summed E-state index contributed by atoms with van der Waals surface area (Å²) >= 11 is 12.1. The van der Waals surface area contributed by atoms with E-state index < -0.39 is 11.8 Å². The average molecular weight is 536 g/mol. The first-order valence-corrected chi connectivity index (χ1v) is 10.5. The molecule has 0 spiro atoms. The number of carbonyl (C=O) groups is 2. The normalized spacial score (nSPS) is 15.5. The molecular weight excluding hydrogens is 520 g/mol. The molecule has 0 unspecified atom stereocenters. The fourth-order valence-electron chi connectivity index (χ4n) is 2.79. The molecule has 29 heavy (non-hydrogen) atoms. The molecule has 3 rings (SSSR count). The van der Waals surface area contributed by atoms with Gasteiger partial charge in [-0.3, -0.25) is 19.8 Å². The van der Waals surface area contributed by atoms with Gasteiger partial charge < -0.3 is 4.74 Å². The molecule has 1 fully saturated rings. The van der Waals surface area contributed by atoms with Crippen molar-refractivity contribution in [3.8, 4) is 5.75 Å². The highest BCUT2D eigenvalue weighted by molar-refractivity contribution is 9.10. The first-order chi connectivity index (χ1) is 13.8. The summed E-state index contributed by atoms with van der Waals surface area (Å²) in [5, 5.41) is 2.65. The topological polar surface area (TPSA) is 58.6 Å². The molecule has 0 radical (unpaired) electrons. The van der Waals surface area contributed by atoms with E-state index in [9.17, 15) is 9.59 Å². The van der Waals surface area contributed by atoms with Gasteiger partial charge in [-0.15, -0.1) is 0 Å². The lowest BCUT2D eigenvalue weighted by molar-refractivity contribution is -0.122. The van der Waals surface area contributed by atoms with Crippen LogP contribution in [0.2, 0.25) is 0 Å². The van der Waals surface area contributed by atoms with Crippen molar-refractivity contribution in [3.05, 3.63) is 74.7 Å². The van der Waals surface area contributed by atoms with Crippen LogP contribution in [0.15, 0.2) is 63.6 Å². The van der Waals surface area contributed by atoms with Gasteiger partial charge in [-0.25, -0.2) is 0 Å². The molecule has 0 saturated carbocycles. The lowest BCUT2D eigenvalue weighted by Crippen LogP contribution is -2.54. The molecule has 1 aliphatic rings. The first kappa shape index (κ1) is 21.4. The van der Waals surface area contributed by atoms with Gasteiger partial charge in [-0.05, 0) is 82.6 Å². The van der Waals surface area contributed by atoms with Crippen molar-refractivity contribution in [1.82, 2.24) is 5.32 Å². The highest BCUT2D eigenvalue weighted by atomic mass is 79.9. The van der Waals surface area contributed by atoms with E-state index in [1.54, 1.807) is 30.3 Å². The maximum Gasteiger partial charge on any atom is 0.270 e. The zero-order chi connectivity index (χ0) is 21.1. The third-order valence-corrected chi connectivity index (χ3v) is 5.52. The van der Waals surface area contributed by atoms with Gasteiger partial charge in [-0.1, -0.05) is 34.7 Å². The van der Waals surface area contributed by atoms with Crippen LogP contribution in [0.4, 0.5) is 5.69 Å². The Hall–Kier alpha value is -2.29. The molecule has 1 aliphatic heterocycles. The van der Waals surface area contributed by atoms with Crippen LogP contribution in [0.25, 0.3) is 6.08 Å². The number of benzene rings is 2. The Balaban J connectivity index is 1.97. The zero-order valence-corrected chi connectivity index (χ0v) is 19.4. The second kappa shape index (κ2) is 9.02. The predicted molar refractivity (Wildman–Crippen MR) is 125 cm³/mol. The van der Waals surface area contributed by atoms with Crippen LogP contribution >= 0.6 is 44.1 Å². The molecule has 0 aromatic heterocycles. The quantitative estimate of drug-likeness (QED) is 0.255. The van der Waals surface area contributed by atoms with Crippen LogP contribution in [0.1, 0.15) is 11.1 Å². The van der Waals surface area contributed by atoms with Crippen molar-refractivity contribution in [3.63, 3.8) is 0 Å². The summed E-state index contributed by atoms with van der Waals surface area (Å²) < 4.78 is 7.11. The summed E-state index contributed by atoms with van der Waals surface area (Å²) in [6.45, 7) is 5.86. The molecule has 1 N–H and O–H groups in total. The molecule has 148 valence electrons. The summed E-state index contributed by atoms with van der Waals surface area (Å²) in [6, 6.07) is 10.8. The fraction of sp³-hybridized carbons (Fsp3) is 0.0952. The minimum Gasteiger partial charge on any atom is -0.488 e. The second-order valence-corrected chi connectivity index (χ2v) is 8.33. The maximum absolute atomic E-state index is 13.1. The fourth-order valence-corrected chi connectivity index (χ4v) is 4.05. The lowest BCUT2D eigenvalue weighted by Gasteiger charge is -2.30. The van der Waals surface area contributed by atoms with E-state index in [2.05, 4.69) is 43.8 Å². The number of aryl methyl sites for hydroxylation is 1. The lowest BCUT2D eigenvalue weighted by atomic mass is 10.1. The third kappa shape index (κ3) is 4.66. The molecular formula is C21H16Br2N2O3S. The summed E-state index contributed by atoms with van der Waals surface area (Å²) in [6.07, 6.45) is 3.18. The van der Waals surface area contributed by atoms with Crippen LogP contribution in [0, 0.1) is 6.92 Å². The van der Waals surface area contributed by atoms with Crippen LogP contribution in [0.5, 0.6) is 5.75 Å². The Morgan fingerprint density at radius 2 is 1.97 bits per heavy atom. The number of thiocarbonyl (C=S) groups is 1. The van der Waals surface area contributed by atoms with Crippen molar-refractivity contribution in [2.24, 2.45) is 0 Å². The van der Waals surface area contributed by atoms with E-state index in [1.165, 1.54) is 11.0 Å². The van der Waals surface area contributed by atoms with Gasteiger partial charge in [-0.2, -0.15) is 0 Å². The van der Waals surface area contributed by atoms with Crippen molar-refractivity contribution < 1.29 is 14.3 Å². The Morgan fingerprint density at radius 1 is 1.21 bits per heavy atom. The van der Waals surface area contributed by atoms with Gasteiger partial charge in [0, 0.05) is 4.47 Å². The van der Waals surface area contributed by atoms with Gasteiger partial charge in [0.2, 0.25) is 0 Å². The number of nitrogens with one attached hydrogen (secondary N) is 1. The number of carbonyl (C=O) groups excluding carboxylic acids is 2. The molecule has 2 aromatic carbocycles. The summed E-state index contributed by atoms with van der Waals surface area (Å²) in [4.78, 5) is 26.9. The molecule has 8 heteroatoms. The minimum absolute atomic E-state index is 0.00687. The Kier molecular flexibility index (Phi) is 6.66. The van der Waals surface area contributed by atoms with Crippen molar-refractivity contribution in [2.45, 2.75) is 6.92 Å². The standard InChI is InChI=1S/C21H16Br2N2O3S/c1-3-8-28-18-7-4-13(11-16(18)23)10-15-19(26)24-21(29)25(20(15)27)17-6-5-14(22)9-12(17)2/h3-7,9-11H,1,8H2,2H3,(H,24,26,29). The molecule has 0 atom stereocenters. The molecule has 2 amide bonds. The average Bonchev–Trinajstić information content (AvgIpc) is 2.66. The number of ether oxygens (including phenoxy) is 1. The van der Waals surface area contributed by atoms with Crippen molar-refractivity contribution in [2.75, 3.05) is 11.5 Å². The van der Waals surface area contributed by atoms with Gasteiger partial charge in [0.05, 0.1) is 10.2 Å². The first-order valence-electron chi connectivity index (χ1n) is 8.52. The van der Waals surface area contributed by atoms with Crippen LogP contribution in [-0.2, 0) is 9.59 Å². The summed E-state index contributed by atoms with van der Waals surface area (Å²) in [5.41, 5.74) is 2.12. The van der Waals surface area contributed by atoms with Crippen LogP contribution in [-0.4, -0.2) is 23.5 Å².